The Kier molecular flexibility index (Phi) is 16.1. The quantitative estimate of drug-likeness (QED) is 0.140. The highest BCUT2D eigenvalue weighted by Crippen LogP contribution is 2.30. The summed E-state index contributed by atoms with van der Waals surface area (Å²) in [6, 6.07) is 23.1. The van der Waals surface area contributed by atoms with Crippen molar-refractivity contribution in [3.05, 3.63) is 162 Å². The maximum Gasteiger partial charge on any atom is 0.271 e. The molecule has 0 bridgehead atoms. The molecule has 0 saturated heterocycles. The minimum atomic E-state index is -0.376. The summed E-state index contributed by atoms with van der Waals surface area (Å²) in [5.74, 6) is 0. The predicted molar refractivity (Wildman–Crippen MR) is 183 cm³/mol. The molecule has 3 aromatic carbocycles. The van der Waals surface area contributed by atoms with E-state index in [0.717, 1.165) is 28.3 Å². The van der Waals surface area contributed by atoms with Gasteiger partial charge in [0.15, 0.2) is 0 Å². The number of rotatable bonds is 10. The number of aryl methyl sites for hydroxylation is 1. The average Bonchev–Trinajstić information content (AvgIpc) is 3.01. The lowest BCUT2D eigenvalue weighted by Gasteiger charge is -2.20. The fourth-order valence-electron chi connectivity index (χ4n) is 3.82. The molecule has 0 aliphatic heterocycles. The summed E-state index contributed by atoms with van der Waals surface area (Å²) < 4.78 is 0. The summed E-state index contributed by atoms with van der Waals surface area (Å²) in [5.41, 5.74) is 7.46. The van der Waals surface area contributed by atoms with Crippen LogP contribution in [0.1, 0.15) is 32.8 Å². The minimum absolute atomic E-state index is 0.0934. The lowest BCUT2D eigenvalue weighted by Crippen LogP contribution is -2.14. The van der Waals surface area contributed by atoms with Gasteiger partial charge in [0.2, 0.25) is 0 Å². The van der Waals surface area contributed by atoms with E-state index in [0.29, 0.717) is 0 Å². The molecule has 0 fully saturated rings. The van der Waals surface area contributed by atoms with Crippen molar-refractivity contribution in [2.24, 2.45) is 0 Å². The molecule has 0 atom stereocenters. The van der Waals surface area contributed by atoms with Gasteiger partial charge in [-0.1, -0.05) is 101 Å². The standard InChI is InChI=1S/C20H18N2O2.C14H19N.C3H8/c1-15-6-3-4-9-20(15)16-10-12-17(13-11-16)21(2)18-7-5-8-19(14-18)22(23)24;1-6-10-12-14(9-4)15(5)13(8-3)11-7-2;1-3-2/h3-14H,1-2H3;6-12H,2-4H2,1,5H3;3H2,1-2H3/b;10-6-,13-11+,14-12+;. The smallest absolute Gasteiger partial charge is 0.271 e. The number of anilines is 2. The molecule has 0 unspecified atom stereocenters. The molecule has 3 aromatic rings. The summed E-state index contributed by atoms with van der Waals surface area (Å²) in [5, 5.41) is 10.9. The number of nitro groups is 1. The third-order valence-corrected chi connectivity index (χ3v) is 6.08. The molecule has 0 N–H and O–H groups in total. The molecule has 5 heteroatoms. The van der Waals surface area contributed by atoms with Gasteiger partial charge in [-0.15, -0.1) is 0 Å². The molecule has 5 nitrogen and oxygen atoms in total. The number of non-ortho nitro benzene ring substituents is 1. The topological polar surface area (TPSA) is 49.6 Å². The summed E-state index contributed by atoms with van der Waals surface area (Å²) in [6.45, 7) is 19.5. The highest BCUT2D eigenvalue weighted by atomic mass is 16.6. The average molecular weight is 564 g/mol. The lowest BCUT2D eigenvalue weighted by molar-refractivity contribution is -0.384. The summed E-state index contributed by atoms with van der Waals surface area (Å²) >= 11 is 0. The number of benzene rings is 3. The van der Waals surface area contributed by atoms with E-state index in [4.69, 9.17) is 0 Å². The zero-order valence-electron chi connectivity index (χ0n) is 26.0. The van der Waals surface area contributed by atoms with Gasteiger partial charge in [0.1, 0.15) is 0 Å². The van der Waals surface area contributed by atoms with Gasteiger partial charge in [-0.2, -0.15) is 0 Å². The van der Waals surface area contributed by atoms with Crippen molar-refractivity contribution in [2.45, 2.75) is 34.1 Å². The summed E-state index contributed by atoms with van der Waals surface area (Å²) in [6.07, 6.45) is 14.4. The zero-order valence-corrected chi connectivity index (χ0v) is 26.0. The minimum Gasteiger partial charge on any atom is -0.345 e. The Hall–Kier alpha value is -4.90. The Bertz CT molecular complexity index is 1400. The third-order valence-electron chi connectivity index (χ3n) is 6.08. The van der Waals surface area contributed by atoms with Crippen molar-refractivity contribution in [3.63, 3.8) is 0 Å². The van der Waals surface area contributed by atoms with Crippen LogP contribution in [0.2, 0.25) is 0 Å². The van der Waals surface area contributed by atoms with Crippen LogP contribution in [-0.4, -0.2) is 23.9 Å². The van der Waals surface area contributed by atoms with E-state index in [1.165, 1.54) is 23.6 Å². The number of allylic oxidation sites excluding steroid dienone is 7. The van der Waals surface area contributed by atoms with Gasteiger partial charge >= 0.3 is 0 Å². The van der Waals surface area contributed by atoms with E-state index in [2.05, 4.69) is 64.8 Å². The van der Waals surface area contributed by atoms with Gasteiger partial charge < -0.3 is 9.80 Å². The number of nitrogens with zero attached hydrogens (tertiary/aromatic N) is 3. The maximum atomic E-state index is 10.9. The van der Waals surface area contributed by atoms with E-state index >= 15 is 0 Å². The first-order valence-corrected chi connectivity index (χ1v) is 14.0. The molecular weight excluding hydrogens is 518 g/mol. The Morgan fingerprint density at radius 1 is 0.857 bits per heavy atom. The van der Waals surface area contributed by atoms with Gasteiger partial charge in [-0.25, -0.2) is 0 Å². The normalized spacial score (nSPS) is 10.9. The van der Waals surface area contributed by atoms with Gasteiger partial charge in [0, 0.05) is 49.0 Å². The Morgan fingerprint density at radius 3 is 1.98 bits per heavy atom. The van der Waals surface area contributed by atoms with Crippen molar-refractivity contribution in [1.82, 2.24) is 4.90 Å². The largest absolute Gasteiger partial charge is 0.345 e. The second-order valence-corrected chi connectivity index (χ2v) is 9.32. The van der Waals surface area contributed by atoms with Crippen LogP contribution in [-0.2, 0) is 0 Å². The van der Waals surface area contributed by atoms with Crippen LogP contribution in [0.5, 0.6) is 0 Å². The van der Waals surface area contributed by atoms with Crippen molar-refractivity contribution < 1.29 is 4.92 Å². The molecule has 0 radical (unpaired) electrons. The van der Waals surface area contributed by atoms with Crippen molar-refractivity contribution in [3.8, 4) is 11.1 Å². The SMILES string of the molecule is C=C/C=C(\C=C)N(C)/C(C=C)=C/C=C\C.CCC.Cc1ccccc1-c1ccc(N(C)c2cccc([N+](=O)[O-])c2)cc1. The first kappa shape index (κ1) is 35.1. The van der Waals surface area contributed by atoms with Gasteiger partial charge in [0.25, 0.3) is 5.69 Å². The molecule has 0 amide bonds. The monoisotopic (exact) mass is 563 g/mol. The molecule has 0 heterocycles. The molecule has 0 aliphatic carbocycles. The van der Waals surface area contributed by atoms with Crippen LogP contribution in [0.25, 0.3) is 11.1 Å². The molecule has 42 heavy (non-hydrogen) atoms. The van der Waals surface area contributed by atoms with E-state index in [-0.39, 0.29) is 10.6 Å². The van der Waals surface area contributed by atoms with E-state index < -0.39 is 0 Å². The fourth-order valence-corrected chi connectivity index (χ4v) is 3.82. The second-order valence-electron chi connectivity index (χ2n) is 9.32. The van der Waals surface area contributed by atoms with Crippen molar-refractivity contribution >= 4 is 17.1 Å². The molecule has 0 saturated carbocycles. The van der Waals surface area contributed by atoms with Gasteiger partial charge in [-0.05, 0) is 73.0 Å². The van der Waals surface area contributed by atoms with Crippen molar-refractivity contribution in [2.75, 3.05) is 19.0 Å². The first-order valence-electron chi connectivity index (χ1n) is 14.0. The van der Waals surface area contributed by atoms with Crippen LogP contribution < -0.4 is 4.90 Å². The van der Waals surface area contributed by atoms with E-state index in [9.17, 15) is 10.1 Å². The Balaban J connectivity index is 0.000000423. The molecule has 0 aliphatic rings. The molecular formula is C37H45N3O2. The van der Waals surface area contributed by atoms with Crippen LogP contribution in [0.3, 0.4) is 0 Å². The Labute approximate surface area is 253 Å². The first-order chi connectivity index (χ1) is 20.2. The highest BCUT2D eigenvalue weighted by Gasteiger charge is 2.10. The van der Waals surface area contributed by atoms with Crippen LogP contribution in [0, 0.1) is 17.0 Å². The van der Waals surface area contributed by atoms with Crippen LogP contribution in [0.15, 0.2) is 146 Å². The number of nitro benzene ring substituents is 1. The van der Waals surface area contributed by atoms with Gasteiger partial charge in [-0.3, -0.25) is 10.1 Å². The lowest BCUT2D eigenvalue weighted by atomic mass is 10.0. The molecule has 3 rings (SSSR count). The summed E-state index contributed by atoms with van der Waals surface area (Å²) in [7, 11) is 3.87. The van der Waals surface area contributed by atoms with E-state index in [1.807, 2.05) is 85.5 Å². The maximum absolute atomic E-state index is 10.9. The fraction of sp³-hybridized carbons (Fsp3) is 0.189. The number of hydrogen-bond donors (Lipinski definition) is 0. The molecule has 0 aromatic heterocycles. The predicted octanol–water partition coefficient (Wildman–Crippen LogP) is 10.6. The summed E-state index contributed by atoms with van der Waals surface area (Å²) in [4.78, 5) is 14.5. The third kappa shape index (κ3) is 10.9. The highest BCUT2D eigenvalue weighted by molar-refractivity contribution is 5.72. The molecule has 0 spiro atoms. The zero-order chi connectivity index (χ0) is 31.5. The van der Waals surface area contributed by atoms with Crippen LogP contribution >= 0.6 is 0 Å². The second kappa shape index (κ2) is 19.2. The van der Waals surface area contributed by atoms with Crippen molar-refractivity contribution in [1.29, 1.82) is 0 Å². The van der Waals surface area contributed by atoms with Gasteiger partial charge in [0.05, 0.1) is 4.92 Å². The Morgan fingerprint density at radius 2 is 1.45 bits per heavy atom. The number of likely N-dealkylation sites (N-methyl/N-ethyl adjacent to an activating group) is 1. The number of hydrogen-bond acceptors (Lipinski definition) is 4. The van der Waals surface area contributed by atoms with E-state index in [1.54, 1.807) is 30.4 Å². The molecule has 220 valence electrons. The van der Waals surface area contributed by atoms with Crippen LogP contribution in [0.4, 0.5) is 17.1 Å².